The molecule has 0 spiro atoms. The van der Waals surface area contributed by atoms with Crippen LogP contribution in [0.5, 0.6) is 5.75 Å². The van der Waals surface area contributed by atoms with Gasteiger partial charge < -0.3 is 15.5 Å². The monoisotopic (exact) mass is 412 g/mol. The number of carbonyl (C=O) groups is 2. The number of carboxylic acid groups (broad SMARTS) is 1. The molecule has 0 atom stereocenters. The summed E-state index contributed by atoms with van der Waals surface area (Å²) in [6, 6.07) is 2.05. The Bertz CT molecular complexity index is 1210. The number of hydrogen-bond acceptors (Lipinski definition) is 5. The fourth-order valence-electron chi connectivity index (χ4n) is 2.94. The van der Waals surface area contributed by atoms with E-state index in [-0.39, 0.29) is 16.7 Å². The summed E-state index contributed by atoms with van der Waals surface area (Å²) in [6.07, 6.45) is -4.64. The number of rotatable bonds is 4. The number of imidazole rings is 1. The number of carbonyl (C=O) groups excluding carboxylic acids is 1. The lowest BCUT2D eigenvalue weighted by Gasteiger charge is -2.17. The van der Waals surface area contributed by atoms with E-state index < -0.39 is 53.1 Å². The molecule has 0 unspecified atom stereocenters. The maximum atomic E-state index is 13.1. The van der Waals surface area contributed by atoms with Crippen LogP contribution >= 0.6 is 0 Å². The van der Waals surface area contributed by atoms with Crippen molar-refractivity contribution in [3.63, 3.8) is 0 Å². The quantitative estimate of drug-likeness (QED) is 0.600. The van der Waals surface area contributed by atoms with Crippen LogP contribution in [0.1, 0.15) is 35.8 Å². The summed E-state index contributed by atoms with van der Waals surface area (Å²) in [5.74, 6) is -3.37. The number of benzene rings is 1. The Hall–Kier alpha value is -3.57. The number of nitrogens with zero attached hydrogens (tertiary/aromatic N) is 3. The van der Waals surface area contributed by atoms with E-state index in [1.807, 2.05) is 5.32 Å². The van der Waals surface area contributed by atoms with E-state index in [2.05, 4.69) is 4.98 Å². The Balaban J connectivity index is 2.39. The van der Waals surface area contributed by atoms with E-state index in [9.17, 15) is 32.7 Å². The first-order valence-electron chi connectivity index (χ1n) is 8.30. The summed E-state index contributed by atoms with van der Waals surface area (Å²) in [5.41, 5.74) is -3.08. The van der Waals surface area contributed by atoms with Gasteiger partial charge in [0.2, 0.25) is 0 Å². The normalized spacial score (nSPS) is 12.1. The molecule has 0 radical (unpaired) electrons. The van der Waals surface area contributed by atoms with Gasteiger partial charge in [-0.3, -0.25) is 14.4 Å². The van der Waals surface area contributed by atoms with Gasteiger partial charge in [-0.2, -0.15) is 13.2 Å². The Labute approximate surface area is 160 Å². The second kappa shape index (κ2) is 6.79. The molecule has 3 N–H and O–H groups in total. The second-order valence-electron chi connectivity index (χ2n) is 6.49. The van der Waals surface area contributed by atoms with E-state index in [0.717, 1.165) is 27.4 Å². The predicted molar refractivity (Wildman–Crippen MR) is 94.0 cm³/mol. The van der Waals surface area contributed by atoms with Gasteiger partial charge in [0.05, 0.1) is 16.6 Å². The first-order valence-corrected chi connectivity index (χ1v) is 8.30. The summed E-state index contributed by atoms with van der Waals surface area (Å²) >= 11 is 0. The number of aromatic nitrogens is 3. The minimum atomic E-state index is -4.64. The summed E-state index contributed by atoms with van der Waals surface area (Å²) in [5, 5.41) is 21.1. The van der Waals surface area contributed by atoms with Gasteiger partial charge in [0.15, 0.2) is 17.0 Å². The fourth-order valence-corrected chi connectivity index (χ4v) is 2.94. The van der Waals surface area contributed by atoms with Crippen molar-refractivity contribution in [3.8, 4) is 5.75 Å². The van der Waals surface area contributed by atoms with Crippen molar-refractivity contribution < 1.29 is 33.0 Å². The van der Waals surface area contributed by atoms with Crippen LogP contribution in [0.25, 0.3) is 16.7 Å². The van der Waals surface area contributed by atoms with Gasteiger partial charge in [0.1, 0.15) is 6.54 Å². The van der Waals surface area contributed by atoms with Crippen molar-refractivity contribution >= 4 is 28.6 Å². The van der Waals surface area contributed by atoms with Crippen LogP contribution in [0.4, 0.5) is 13.2 Å². The molecular formula is C17H15F3N4O5. The summed E-state index contributed by atoms with van der Waals surface area (Å²) in [7, 11) is 0. The van der Waals surface area contributed by atoms with Gasteiger partial charge in [-0.1, -0.05) is 0 Å². The molecule has 9 nitrogen and oxygen atoms in total. The Morgan fingerprint density at radius 3 is 2.48 bits per heavy atom. The van der Waals surface area contributed by atoms with E-state index in [4.69, 9.17) is 5.11 Å². The minimum absolute atomic E-state index is 0.0604. The number of amides is 1. The average Bonchev–Trinajstić information content (AvgIpc) is 2.98. The lowest BCUT2D eigenvalue weighted by molar-refractivity contribution is -0.137. The lowest BCUT2D eigenvalue weighted by Crippen LogP contribution is -2.38. The van der Waals surface area contributed by atoms with Gasteiger partial charge in [-0.05, 0) is 32.0 Å². The van der Waals surface area contributed by atoms with Crippen molar-refractivity contribution in [1.82, 2.24) is 19.5 Å². The molecule has 0 saturated carbocycles. The molecule has 3 rings (SSSR count). The third-order valence-electron chi connectivity index (χ3n) is 4.16. The second-order valence-corrected chi connectivity index (χ2v) is 6.49. The SMILES string of the molecule is CC(C)n1c(=O)c(C(=O)NCC(=O)O)c(O)c2nc3ccc(C(F)(F)F)cc3n21. The van der Waals surface area contributed by atoms with E-state index in [0.29, 0.717) is 0 Å². The van der Waals surface area contributed by atoms with Crippen molar-refractivity contribution in [2.45, 2.75) is 26.1 Å². The smallest absolute Gasteiger partial charge is 0.416 e. The topological polar surface area (TPSA) is 126 Å². The highest BCUT2D eigenvalue weighted by molar-refractivity contribution is 6.00. The van der Waals surface area contributed by atoms with E-state index in [1.165, 1.54) is 0 Å². The first kappa shape index (κ1) is 20.2. The number of hydrogen-bond donors (Lipinski definition) is 3. The number of carboxylic acids is 1. The summed E-state index contributed by atoms with van der Waals surface area (Å²) < 4.78 is 41.3. The molecule has 3 aromatic rings. The van der Waals surface area contributed by atoms with Crippen LogP contribution in [0.3, 0.4) is 0 Å². The largest absolute Gasteiger partial charge is 0.504 e. The zero-order valence-corrected chi connectivity index (χ0v) is 15.1. The van der Waals surface area contributed by atoms with Crippen LogP contribution in [0, 0.1) is 0 Å². The van der Waals surface area contributed by atoms with Crippen molar-refractivity contribution in [1.29, 1.82) is 0 Å². The standard InChI is InChI=1S/C17H15F3N4O5/c1-7(2)23-16(29)12(15(28)21-6-11(25)26)13(27)14-22-9-4-3-8(17(18,19)20)5-10(9)24(14)23/h3-5,7,27H,6H2,1-2H3,(H,21,28)(H,25,26). The van der Waals surface area contributed by atoms with Crippen molar-refractivity contribution in [2.75, 3.05) is 6.54 Å². The number of fused-ring (bicyclic) bond motifs is 3. The van der Waals surface area contributed by atoms with E-state index in [1.54, 1.807) is 13.8 Å². The summed E-state index contributed by atoms with van der Waals surface area (Å²) in [4.78, 5) is 39.9. The van der Waals surface area contributed by atoms with Gasteiger partial charge in [0.25, 0.3) is 11.5 Å². The molecule has 0 saturated heterocycles. The molecule has 0 bridgehead atoms. The Morgan fingerprint density at radius 2 is 1.93 bits per heavy atom. The number of aliphatic carboxylic acids is 1. The number of halogens is 3. The molecule has 0 aliphatic rings. The van der Waals surface area contributed by atoms with Crippen molar-refractivity contribution in [3.05, 3.63) is 39.7 Å². The van der Waals surface area contributed by atoms with Crippen LogP contribution in [0.15, 0.2) is 23.0 Å². The minimum Gasteiger partial charge on any atom is -0.504 e. The number of alkyl halides is 3. The van der Waals surface area contributed by atoms with Gasteiger partial charge >= 0.3 is 12.1 Å². The zero-order chi connectivity index (χ0) is 21.7. The maximum absolute atomic E-state index is 13.1. The predicted octanol–water partition coefficient (Wildman–Crippen LogP) is 1.77. The molecular weight excluding hydrogens is 397 g/mol. The third kappa shape index (κ3) is 3.37. The van der Waals surface area contributed by atoms with E-state index >= 15 is 0 Å². The third-order valence-corrected chi connectivity index (χ3v) is 4.16. The molecule has 2 heterocycles. The van der Waals surface area contributed by atoms with Crippen molar-refractivity contribution in [2.24, 2.45) is 0 Å². The molecule has 0 aliphatic heterocycles. The van der Waals surface area contributed by atoms with Gasteiger partial charge in [-0.25, -0.2) is 14.2 Å². The van der Waals surface area contributed by atoms with Crippen LogP contribution in [-0.4, -0.2) is 42.8 Å². The molecule has 2 aromatic heterocycles. The number of nitrogens with one attached hydrogen (secondary N) is 1. The lowest BCUT2D eigenvalue weighted by atomic mass is 10.2. The molecule has 12 heteroatoms. The fraction of sp³-hybridized carbons (Fsp3) is 0.294. The highest BCUT2D eigenvalue weighted by Crippen LogP contribution is 2.33. The van der Waals surface area contributed by atoms with Gasteiger partial charge in [0, 0.05) is 6.04 Å². The molecule has 154 valence electrons. The Morgan fingerprint density at radius 1 is 1.28 bits per heavy atom. The zero-order valence-electron chi connectivity index (χ0n) is 15.1. The molecule has 1 amide bonds. The van der Waals surface area contributed by atoms with Crippen LogP contribution in [-0.2, 0) is 11.0 Å². The maximum Gasteiger partial charge on any atom is 0.416 e. The van der Waals surface area contributed by atoms with Gasteiger partial charge in [-0.15, -0.1) is 0 Å². The summed E-state index contributed by atoms with van der Waals surface area (Å²) in [6.45, 7) is 2.31. The number of aromatic hydroxyl groups is 1. The molecule has 0 fully saturated rings. The highest BCUT2D eigenvalue weighted by Gasteiger charge is 2.32. The molecule has 29 heavy (non-hydrogen) atoms. The average molecular weight is 412 g/mol. The first-order chi connectivity index (χ1) is 13.4. The molecule has 0 aliphatic carbocycles. The highest BCUT2D eigenvalue weighted by atomic mass is 19.4. The van der Waals surface area contributed by atoms with Crippen LogP contribution < -0.4 is 10.9 Å². The molecule has 1 aromatic carbocycles. The Kier molecular flexibility index (Phi) is 4.73. The van der Waals surface area contributed by atoms with Crippen LogP contribution in [0.2, 0.25) is 0 Å².